The minimum Gasteiger partial charge on any atom is -0.146 e. The zero-order valence-corrected chi connectivity index (χ0v) is 6.54. The van der Waals surface area contributed by atoms with Crippen molar-refractivity contribution in [2.45, 2.75) is 18.2 Å². The second kappa shape index (κ2) is 5.05. The molecule has 8 heavy (non-hydrogen) atoms. The second-order valence-electron chi connectivity index (χ2n) is 0.721. The lowest BCUT2D eigenvalue weighted by Crippen LogP contribution is -1.59. The summed E-state index contributed by atoms with van der Waals surface area (Å²) in [6.07, 6.45) is 0. The van der Waals surface area contributed by atoms with Crippen LogP contribution in [0.5, 0.6) is 0 Å². The molecule has 0 aliphatic carbocycles. The molecule has 46 valence electrons. The van der Waals surface area contributed by atoms with Gasteiger partial charge in [0.05, 0.1) is 0 Å². The van der Waals surface area contributed by atoms with Crippen LogP contribution in [0.3, 0.4) is 0 Å². The normalized spacial score (nSPS) is 7.38. The van der Waals surface area contributed by atoms with Gasteiger partial charge in [-0.3, -0.25) is 0 Å². The van der Waals surface area contributed by atoms with Gasteiger partial charge < -0.3 is 0 Å². The molecule has 0 bridgehead atoms. The van der Waals surface area contributed by atoms with Crippen LogP contribution < -0.4 is 0 Å². The zero-order chi connectivity index (χ0) is 6.41. The van der Waals surface area contributed by atoms with Crippen molar-refractivity contribution in [2.24, 2.45) is 0 Å². The summed E-state index contributed by atoms with van der Waals surface area (Å²) in [4.78, 5) is 0. The summed E-state index contributed by atoms with van der Waals surface area (Å²) in [6.45, 7) is 4.00. The third-order valence-electron chi connectivity index (χ3n) is 0.349. The Labute approximate surface area is 58.4 Å². The largest absolute Gasteiger partial charge is 0.170 e. The van der Waals surface area contributed by atoms with Crippen LogP contribution in [0.2, 0.25) is 0 Å². The van der Waals surface area contributed by atoms with Crippen LogP contribution in [-0.2, 0) is 0 Å². The van der Waals surface area contributed by atoms with Gasteiger partial charge in [-0.15, -0.1) is 22.8 Å². The van der Waals surface area contributed by atoms with Gasteiger partial charge in [-0.1, -0.05) is 25.2 Å². The Morgan fingerprint density at radius 1 is 1.62 bits per heavy atom. The number of thiol groups is 1. The van der Waals surface area contributed by atoms with Gasteiger partial charge in [-0.05, 0) is 0 Å². The van der Waals surface area contributed by atoms with E-state index in [1.807, 2.05) is 13.8 Å². The molecular weight excluding hydrogens is 140 g/mol. The van der Waals surface area contributed by atoms with E-state index < -0.39 is 0 Å². The number of hydrogen-bond donors (Lipinski definition) is 1. The molecule has 2 nitrogen and oxygen atoms in total. The van der Waals surface area contributed by atoms with Gasteiger partial charge >= 0.3 is 0 Å². The fourth-order valence-electron chi connectivity index (χ4n) is 0.167. The predicted octanol–water partition coefficient (Wildman–Crippen LogP) is 1.85. The second-order valence-corrected chi connectivity index (χ2v) is 2.28. The Morgan fingerprint density at radius 3 is 2.38 bits per heavy atom. The molecule has 0 aliphatic rings. The minimum atomic E-state index is 0.718. The van der Waals surface area contributed by atoms with Crippen LogP contribution in [0, 0.1) is 0 Å². The molecule has 0 saturated carbocycles. The summed E-state index contributed by atoms with van der Waals surface area (Å²) < 4.78 is 0.718. The molecule has 1 rings (SSSR count). The summed E-state index contributed by atoms with van der Waals surface area (Å²) in [7, 11) is 0. The summed E-state index contributed by atoms with van der Waals surface area (Å²) in [5.74, 6) is 0. The first-order valence-electron chi connectivity index (χ1n) is 2.35. The lowest BCUT2D eigenvalue weighted by atomic mass is 11.0. The number of rotatable bonds is 0. The molecule has 0 saturated heterocycles. The first-order valence-corrected chi connectivity index (χ1v) is 3.67. The summed E-state index contributed by atoms with van der Waals surface area (Å²) in [6, 6.07) is 0. The van der Waals surface area contributed by atoms with E-state index in [-0.39, 0.29) is 0 Å². The van der Waals surface area contributed by atoms with E-state index >= 15 is 0 Å². The first-order chi connectivity index (χ1) is 3.89. The van der Waals surface area contributed by atoms with Gasteiger partial charge in [0.15, 0.2) is 4.34 Å². The third kappa shape index (κ3) is 2.98. The quantitative estimate of drug-likeness (QED) is 0.568. The van der Waals surface area contributed by atoms with Crippen molar-refractivity contribution in [3.05, 3.63) is 5.51 Å². The minimum absolute atomic E-state index is 0.718. The van der Waals surface area contributed by atoms with Crippen molar-refractivity contribution in [1.29, 1.82) is 0 Å². The van der Waals surface area contributed by atoms with Crippen molar-refractivity contribution in [3.8, 4) is 0 Å². The van der Waals surface area contributed by atoms with Gasteiger partial charge in [-0.25, -0.2) is 0 Å². The standard InChI is InChI=1S/C2H2N2S2.C2H6/c5-2-4-3-1-6-2;1-2/h1H,(H,4,5);1-2H3. The first kappa shape index (κ1) is 7.91. The molecule has 0 N–H and O–H groups in total. The van der Waals surface area contributed by atoms with E-state index in [1.54, 1.807) is 5.51 Å². The van der Waals surface area contributed by atoms with Crippen LogP contribution in [0.25, 0.3) is 0 Å². The van der Waals surface area contributed by atoms with Gasteiger partial charge in [0.2, 0.25) is 0 Å². The maximum Gasteiger partial charge on any atom is 0.170 e. The van der Waals surface area contributed by atoms with Gasteiger partial charge in [-0.2, -0.15) is 0 Å². The van der Waals surface area contributed by atoms with E-state index in [1.165, 1.54) is 11.3 Å². The molecule has 1 aromatic heterocycles. The summed E-state index contributed by atoms with van der Waals surface area (Å²) in [5, 5.41) is 7.06. The van der Waals surface area contributed by atoms with E-state index in [9.17, 15) is 0 Å². The van der Waals surface area contributed by atoms with Crippen LogP contribution in [0.4, 0.5) is 0 Å². The molecule has 4 heteroatoms. The van der Waals surface area contributed by atoms with Crippen molar-refractivity contribution in [2.75, 3.05) is 0 Å². The van der Waals surface area contributed by atoms with Crippen molar-refractivity contribution in [3.63, 3.8) is 0 Å². The van der Waals surface area contributed by atoms with Gasteiger partial charge in [0, 0.05) is 0 Å². The highest BCUT2D eigenvalue weighted by Gasteiger charge is 1.79. The zero-order valence-electron chi connectivity index (χ0n) is 4.83. The van der Waals surface area contributed by atoms with Crippen LogP contribution in [-0.4, -0.2) is 10.2 Å². The van der Waals surface area contributed by atoms with E-state index in [2.05, 4.69) is 22.8 Å². The van der Waals surface area contributed by atoms with E-state index in [0.717, 1.165) is 4.34 Å². The van der Waals surface area contributed by atoms with Gasteiger partial charge in [0.1, 0.15) is 5.51 Å². The van der Waals surface area contributed by atoms with Crippen molar-refractivity contribution >= 4 is 24.0 Å². The Balaban J connectivity index is 0.000000222. The fraction of sp³-hybridized carbons (Fsp3) is 0.500. The molecule has 0 spiro atoms. The Morgan fingerprint density at radius 2 is 2.25 bits per heavy atom. The highest BCUT2D eigenvalue weighted by atomic mass is 32.2. The molecule has 0 amide bonds. The Bertz CT molecular complexity index is 116. The highest BCUT2D eigenvalue weighted by Crippen LogP contribution is 2.03. The SMILES string of the molecule is CC.Sc1nncs1. The monoisotopic (exact) mass is 148 g/mol. The van der Waals surface area contributed by atoms with Crippen LogP contribution in [0.1, 0.15) is 13.8 Å². The third-order valence-corrected chi connectivity index (χ3v) is 1.25. The van der Waals surface area contributed by atoms with Crippen molar-refractivity contribution < 1.29 is 0 Å². The van der Waals surface area contributed by atoms with Crippen LogP contribution >= 0.6 is 24.0 Å². The van der Waals surface area contributed by atoms with E-state index in [0.29, 0.717) is 0 Å². The number of nitrogens with zero attached hydrogens (tertiary/aromatic N) is 2. The summed E-state index contributed by atoms with van der Waals surface area (Å²) >= 11 is 5.30. The molecule has 0 aliphatic heterocycles. The molecular formula is C4H8N2S2. The number of aromatic nitrogens is 2. The Hall–Kier alpha value is -0.0900. The molecule has 1 aromatic rings. The lowest BCUT2D eigenvalue weighted by Gasteiger charge is -1.60. The molecule has 0 aromatic carbocycles. The predicted molar refractivity (Wildman–Crippen MR) is 38.5 cm³/mol. The highest BCUT2D eigenvalue weighted by molar-refractivity contribution is 7.82. The Kier molecular flexibility index (Phi) is 5.00. The maximum atomic E-state index is 3.88. The molecule has 0 fully saturated rings. The molecule has 1 heterocycles. The average molecular weight is 148 g/mol. The molecule has 0 atom stereocenters. The topological polar surface area (TPSA) is 25.8 Å². The lowest BCUT2D eigenvalue weighted by molar-refractivity contribution is 1.01. The van der Waals surface area contributed by atoms with E-state index in [4.69, 9.17) is 0 Å². The summed E-state index contributed by atoms with van der Waals surface area (Å²) in [5.41, 5.74) is 1.64. The fourth-order valence-corrected chi connectivity index (χ4v) is 0.643. The average Bonchev–Trinajstić information content (AvgIpc) is 2.24. The molecule has 0 radical (unpaired) electrons. The smallest absolute Gasteiger partial charge is 0.146 e. The van der Waals surface area contributed by atoms with Gasteiger partial charge in [0.25, 0.3) is 0 Å². The van der Waals surface area contributed by atoms with Crippen molar-refractivity contribution in [1.82, 2.24) is 10.2 Å². The molecule has 0 unspecified atom stereocenters. The number of hydrogen-bond acceptors (Lipinski definition) is 4. The van der Waals surface area contributed by atoms with Crippen LogP contribution in [0.15, 0.2) is 9.85 Å². The maximum absolute atomic E-state index is 3.88.